The van der Waals surface area contributed by atoms with Crippen molar-refractivity contribution >= 4 is 34.6 Å². The molecular formula is C37H45N5O7. The molecule has 5 N–H and O–H groups in total. The van der Waals surface area contributed by atoms with Gasteiger partial charge >= 0.3 is 12.1 Å². The average molecular weight is 672 g/mol. The number of imidazole rings is 1. The van der Waals surface area contributed by atoms with Gasteiger partial charge in [0.25, 0.3) is 0 Å². The molecule has 5 atom stereocenters. The van der Waals surface area contributed by atoms with Crippen LogP contribution in [0, 0.1) is 5.92 Å². The molecular weight excluding hydrogens is 626 g/mol. The van der Waals surface area contributed by atoms with E-state index in [1.807, 2.05) is 86.6 Å². The molecule has 0 saturated heterocycles. The number of nitrogens with zero attached hydrogens (tertiary/aromatic N) is 1. The van der Waals surface area contributed by atoms with E-state index in [0.29, 0.717) is 12.1 Å². The zero-order chi connectivity index (χ0) is 35.2. The maximum atomic E-state index is 14.1. The minimum atomic E-state index is -1.22. The Labute approximate surface area is 286 Å². The Morgan fingerprint density at radius 1 is 0.837 bits per heavy atom. The summed E-state index contributed by atoms with van der Waals surface area (Å²) in [4.78, 5) is 60.2. The average Bonchev–Trinajstić information content (AvgIpc) is 3.62. The zero-order valence-corrected chi connectivity index (χ0v) is 28.1. The number of rotatable bonds is 17. The third kappa shape index (κ3) is 10.9. The summed E-state index contributed by atoms with van der Waals surface area (Å²) >= 11 is 0. The van der Waals surface area contributed by atoms with Crippen LogP contribution in [0.2, 0.25) is 0 Å². The van der Waals surface area contributed by atoms with Crippen LogP contribution < -0.4 is 16.0 Å². The highest BCUT2D eigenvalue weighted by atomic mass is 16.5. The minimum Gasteiger partial charge on any atom is -0.466 e. The first-order valence-electron chi connectivity index (χ1n) is 16.5. The highest BCUT2D eigenvalue weighted by molar-refractivity contribution is 5.93. The number of fused-ring (bicyclic) bond motifs is 1. The van der Waals surface area contributed by atoms with E-state index in [2.05, 4.69) is 25.9 Å². The van der Waals surface area contributed by atoms with Crippen molar-refractivity contribution in [2.45, 2.75) is 77.3 Å². The second kappa shape index (κ2) is 18.3. The van der Waals surface area contributed by atoms with E-state index in [0.717, 1.165) is 21.9 Å². The zero-order valence-electron chi connectivity index (χ0n) is 28.1. The van der Waals surface area contributed by atoms with Crippen molar-refractivity contribution in [2.75, 3.05) is 6.61 Å². The number of aromatic amines is 1. The number of aliphatic hydroxyl groups excluding tert-OH is 1. The van der Waals surface area contributed by atoms with Gasteiger partial charge in [-0.05, 0) is 34.7 Å². The molecule has 12 heteroatoms. The summed E-state index contributed by atoms with van der Waals surface area (Å²) in [6, 6.07) is 19.6. The third-order valence-electron chi connectivity index (χ3n) is 8.40. The SMILES string of the molecule is CCOC(=O)C[C@H](O)[C@@H](NC(=O)[C@H](Cc1cnc[nH]1)NC(=O)[C@H](Cc1cccc2ccccc12)NC(=O)OCc1ccccc1)C(C)CC. The van der Waals surface area contributed by atoms with E-state index in [4.69, 9.17) is 9.47 Å². The Morgan fingerprint density at radius 2 is 1.53 bits per heavy atom. The van der Waals surface area contributed by atoms with Gasteiger partial charge in [0.1, 0.15) is 18.7 Å². The summed E-state index contributed by atoms with van der Waals surface area (Å²) in [6.45, 7) is 5.60. The number of H-pyrrole nitrogens is 1. The molecule has 1 unspecified atom stereocenters. The third-order valence-corrected chi connectivity index (χ3v) is 8.40. The molecule has 3 amide bonds. The highest BCUT2D eigenvalue weighted by Gasteiger charge is 2.33. The molecule has 3 aromatic carbocycles. The Balaban J connectivity index is 1.58. The van der Waals surface area contributed by atoms with E-state index < -0.39 is 48.1 Å². The topological polar surface area (TPSA) is 172 Å². The molecule has 1 heterocycles. The molecule has 4 rings (SSSR count). The number of nitrogens with one attached hydrogen (secondary N) is 4. The van der Waals surface area contributed by atoms with Gasteiger partial charge in [-0.3, -0.25) is 14.4 Å². The normalized spacial score (nSPS) is 14.1. The number of carbonyl (C=O) groups is 4. The number of benzene rings is 3. The van der Waals surface area contributed by atoms with Crippen molar-refractivity contribution in [2.24, 2.45) is 5.92 Å². The number of alkyl carbamates (subject to hydrolysis) is 1. The summed E-state index contributed by atoms with van der Waals surface area (Å²) in [5.41, 5.74) is 2.17. The molecule has 0 spiro atoms. The lowest BCUT2D eigenvalue weighted by atomic mass is 9.92. The second-order valence-electron chi connectivity index (χ2n) is 11.9. The smallest absolute Gasteiger partial charge is 0.408 e. The number of amides is 3. The number of esters is 1. The van der Waals surface area contributed by atoms with Crippen LogP contribution in [0.4, 0.5) is 4.79 Å². The van der Waals surface area contributed by atoms with Crippen molar-refractivity contribution in [3.05, 3.63) is 102 Å². The molecule has 12 nitrogen and oxygen atoms in total. The molecule has 1 aromatic heterocycles. The molecule has 0 bridgehead atoms. The number of aromatic nitrogens is 2. The summed E-state index contributed by atoms with van der Waals surface area (Å²) in [5.74, 6) is -1.98. The highest BCUT2D eigenvalue weighted by Crippen LogP contribution is 2.20. The van der Waals surface area contributed by atoms with Crippen molar-refractivity contribution in [1.82, 2.24) is 25.9 Å². The van der Waals surface area contributed by atoms with Crippen LogP contribution in [0.15, 0.2) is 85.3 Å². The monoisotopic (exact) mass is 671 g/mol. The van der Waals surface area contributed by atoms with Crippen molar-refractivity contribution < 1.29 is 33.8 Å². The lowest BCUT2D eigenvalue weighted by Gasteiger charge is -2.31. The van der Waals surface area contributed by atoms with Crippen molar-refractivity contribution in [3.8, 4) is 0 Å². The fourth-order valence-corrected chi connectivity index (χ4v) is 5.56. The van der Waals surface area contributed by atoms with Gasteiger partial charge in [-0.1, -0.05) is 93.1 Å². The van der Waals surface area contributed by atoms with E-state index in [1.165, 1.54) is 6.33 Å². The van der Waals surface area contributed by atoms with Gasteiger partial charge < -0.3 is 35.5 Å². The summed E-state index contributed by atoms with van der Waals surface area (Å²) in [6.07, 6.45) is 1.44. The Kier molecular flexibility index (Phi) is 13.7. The quantitative estimate of drug-likeness (QED) is 0.105. The molecule has 260 valence electrons. The molecule has 0 aliphatic heterocycles. The summed E-state index contributed by atoms with van der Waals surface area (Å²) in [7, 11) is 0. The van der Waals surface area contributed by atoms with Gasteiger partial charge in [0.05, 0.1) is 31.5 Å². The maximum absolute atomic E-state index is 14.1. The maximum Gasteiger partial charge on any atom is 0.408 e. The predicted molar refractivity (Wildman–Crippen MR) is 184 cm³/mol. The molecule has 0 fully saturated rings. The van der Waals surface area contributed by atoms with Crippen LogP contribution in [0.25, 0.3) is 10.8 Å². The summed E-state index contributed by atoms with van der Waals surface area (Å²) < 4.78 is 10.5. The number of carbonyl (C=O) groups excluding carboxylic acids is 4. The second-order valence-corrected chi connectivity index (χ2v) is 11.9. The van der Waals surface area contributed by atoms with Crippen LogP contribution >= 0.6 is 0 Å². The van der Waals surface area contributed by atoms with Gasteiger partial charge in [0.15, 0.2) is 0 Å². The van der Waals surface area contributed by atoms with Gasteiger partial charge in [0.2, 0.25) is 11.8 Å². The number of hydrogen-bond donors (Lipinski definition) is 5. The first-order chi connectivity index (χ1) is 23.7. The molecule has 0 radical (unpaired) electrons. The standard InChI is InChI=1S/C37H45N5O7/c1-4-24(3)34(32(43)20-33(44)48-5-2)42-36(46)31(19-28-21-38-23-39-28)40-35(45)30(41-37(47)49-22-25-12-7-6-8-13-25)18-27-16-11-15-26-14-9-10-17-29(26)27/h6-17,21,23-24,30-32,34,43H,4-5,18-20,22H2,1-3H3,(H,38,39)(H,40,45)(H,41,47)(H,42,46)/t24?,30-,31-,32-,34-/m0/s1. The van der Waals surface area contributed by atoms with E-state index in [1.54, 1.807) is 13.1 Å². The van der Waals surface area contributed by atoms with Crippen LogP contribution in [0.1, 0.15) is 50.4 Å². The van der Waals surface area contributed by atoms with Gasteiger partial charge in [-0.25, -0.2) is 9.78 Å². The summed E-state index contributed by atoms with van der Waals surface area (Å²) in [5, 5.41) is 21.3. The van der Waals surface area contributed by atoms with Gasteiger partial charge in [-0.2, -0.15) is 0 Å². The fraction of sp³-hybridized carbons (Fsp3) is 0.378. The van der Waals surface area contributed by atoms with Gasteiger partial charge in [0, 0.05) is 24.7 Å². The van der Waals surface area contributed by atoms with Crippen LogP contribution in [-0.4, -0.2) is 69.8 Å². The van der Waals surface area contributed by atoms with E-state index >= 15 is 0 Å². The Hall–Kier alpha value is -5.23. The first kappa shape index (κ1) is 36.6. The molecule has 0 aliphatic carbocycles. The Morgan fingerprint density at radius 3 is 2.24 bits per heavy atom. The number of hydrogen-bond acceptors (Lipinski definition) is 8. The van der Waals surface area contributed by atoms with E-state index in [9.17, 15) is 24.3 Å². The molecule has 49 heavy (non-hydrogen) atoms. The van der Waals surface area contributed by atoms with E-state index in [-0.39, 0.29) is 38.4 Å². The van der Waals surface area contributed by atoms with Gasteiger partial charge in [-0.15, -0.1) is 0 Å². The molecule has 4 aromatic rings. The largest absolute Gasteiger partial charge is 0.466 e. The Bertz CT molecular complexity index is 1660. The minimum absolute atomic E-state index is 0.00522. The molecule has 0 saturated carbocycles. The lowest BCUT2D eigenvalue weighted by Crippen LogP contribution is -2.58. The van der Waals surface area contributed by atoms with Crippen LogP contribution in [0.5, 0.6) is 0 Å². The molecule has 0 aliphatic rings. The van der Waals surface area contributed by atoms with Crippen molar-refractivity contribution in [3.63, 3.8) is 0 Å². The number of ether oxygens (including phenoxy) is 2. The fourth-order valence-electron chi connectivity index (χ4n) is 5.56. The van der Waals surface area contributed by atoms with Crippen LogP contribution in [-0.2, 0) is 43.3 Å². The first-order valence-corrected chi connectivity index (χ1v) is 16.5. The lowest BCUT2D eigenvalue weighted by molar-refractivity contribution is -0.146. The predicted octanol–water partition coefficient (Wildman–Crippen LogP) is 3.97. The number of aliphatic hydroxyl groups is 1. The van der Waals surface area contributed by atoms with Crippen molar-refractivity contribution in [1.29, 1.82) is 0 Å². The van der Waals surface area contributed by atoms with Crippen LogP contribution in [0.3, 0.4) is 0 Å².